The molecule has 0 atom stereocenters. The molecule has 0 radical (unpaired) electrons. The Balaban J connectivity index is 2.70. The highest BCUT2D eigenvalue weighted by molar-refractivity contribution is 6.32. The molecule has 0 fully saturated rings. The highest BCUT2D eigenvalue weighted by Crippen LogP contribution is 2.25. The first-order valence-corrected chi connectivity index (χ1v) is 5.46. The summed E-state index contributed by atoms with van der Waals surface area (Å²) in [4.78, 5) is 1.25. The van der Waals surface area contributed by atoms with Crippen molar-refractivity contribution in [1.82, 2.24) is 4.90 Å². The molecule has 0 amide bonds. The number of phenolic OH excluding ortho intramolecular Hbond substituents is 1. The van der Waals surface area contributed by atoms with Gasteiger partial charge in [-0.1, -0.05) is 24.6 Å². The molecule has 1 rings (SSSR count). The molecule has 1 aromatic rings. The van der Waals surface area contributed by atoms with Crippen molar-refractivity contribution < 1.29 is 18.3 Å². The average molecular weight is 268 g/mol. The maximum absolute atomic E-state index is 12.2. The molecule has 1 aromatic carbocycles. The molecule has 96 valence electrons. The number of rotatable bonds is 4. The van der Waals surface area contributed by atoms with Crippen molar-refractivity contribution in [3.63, 3.8) is 0 Å². The van der Waals surface area contributed by atoms with Gasteiger partial charge < -0.3 is 5.11 Å². The van der Waals surface area contributed by atoms with Gasteiger partial charge in [-0.25, -0.2) is 0 Å². The van der Waals surface area contributed by atoms with E-state index in [1.165, 1.54) is 17.0 Å². The molecule has 0 aliphatic heterocycles. The van der Waals surface area contributed by atoms with Gasteiger partial charge in [-0.2, -0.15) is 13.2 Å². The zero-order valence-electron chi connectivity index (χ0n) is 9.26. The van der Waals surface area contributed by atoms with E-state index >= 15 is 0 Å². The molecule has 0 bridgehead atoms. The Hall–Kier alpha value is -0.940. The fraction of sp³-hybridized carbons (Fsp3) is 0.455. The number of halogens is 4. The Kier molecular flexibility index (Phi) is 4.65. The van der Waals surface area contributed by atoms with E-state index in [4.69, 9.17) is 11.6 Å². The molecular weight excluding hydrogens is 255 g/mol. The quantitative estimate of drug-likeness (QED) is 0.903. The summed E-state index contributed by atoms with van der Waals surface area (Å²) in [5.41, 5.74) is 0.638. The third-order valence-corrected chi connectivity index (χ3v) is 2.57. The summed E-state index contributed by atoms with van der Waals surface area (Å²) >= 11 is 5.68. The lowest BCUT2D eigenvalue weighted by atomic mass is 10.2. The van der Waals surface area contributed by atoms with Crippen LogP contribution >= 0.6 is 11.6 Å². The van der Waals surface area contributed by atoms with Gasteiger partial charge in [-0.3, -0.25) is 4.90 Å². The number of phenols is 1. The minimum absolute atomic E-state index is 0.0747. The van der Waals surface area contributed by atoms with E-state index in [2.05, 4.69) is 0 Å². The number of hydrogen-bond acceptors (Lipinski definition) is 2. The third kappa shape index (κ3) is 4.83. The smallest absolute Gasteiger partial charge is 0.401 e. The van der Waals surface area contributed by atoms with Gasteiger partial charge in [-0.05, 0) is 24.2 Å². The fourth-order valence-electron chi connectivity index (χ4n) is 1.44. The lowest BCUT2D eigenvalue weighted by Crippen LogP contribution is -2.33. The first kappa shape index (κ1) is 14.1. The van der Waals surface area contributed by atoms with Gasteiger partial charge in [0.05, 0.1) is 11.6 Å². The Morgan fingerprint density at radius 1 is 1.35 bits per heavy atom. The molecule has 0 saturated carbocycles. The molecule has 0 saturated heterocycles. The van der Waals surface area contributed by atoms with Crippen molar-refractivity contribution >= 4 is 11.6 Å². The van der Waals surface area contributed by atoms with Gasteiger partial charge in [0.25, 0.3) is 0 Å². The van der Waals surface area contributed by atoms with E-state index in [9.17, 15) is 18.3 Å². The molecule has 0 unspecified atom stereocenters. The molecular formula is C11H13ClF3NO. The van der Waals surface area contributed by atoms with E-state index in [-0.39, 0.29) is 23.9 Å². The Bertz CT molecular complexity index is 381. The number of benzene rings is 1. The normalized spacial score (nSPS) is 12.1. The maximum atomic E-state index is 12.2. The van der Waals surface area contributed by atoms with Crippen LogP contribution in [0.25, 0.3) is 0 Å². The molecule has 0 aliphatic carbocycles. The Morgan fingerprint density at radius 3 is 2.47 bits per heavy atom. The zero-order valence-corrected chi connectivity index (χ0v) is 10.0. The first-order chi connectivity index (χ1) is 7.81. The van der Waals surface area contributed by atoms with Crippen molar-refractivity contribution in [2.24, 2.45) is 0 Å². The average Bonchev–Trinajstić information content (AvgIpc) is 2.20. The first-order valence-electron chi connectivity index (χ1n) is 5.08. The standard InChI is InChI=1S/C11H13ClF3NO/c1-2-16(7-11(13,14)15)6-8-3-4-10(17)9(12)5-8/h3-5,17H,2,6-7H2,1H3. The summed E-state index contributed by atoms with van der Waals surface area (Å²) in [5.74, 6) is -0.0747. The second kappa shape index (κ2) is 5.60. The molecule has 17 heavy (non-hydrogen) atoms. The molecule has 0 spiro atoms. The number of aromatic hydroxyl groups is 1. The third-order valence-electron chi connectivity index (χ3n) is 2.27. The summed E-state index contributed by atoms with van der Waals surface area (Å²) in [6, 6.07) is 4.40. The van der Waals surface area contributed by atoms with Gasteiger partial charge in [0.1, 0.15) is 5.75 Å². The van der Waals surface area contributed by atoms with Crippen molar-refractivity contribution in [3.8, 4) is 5.75 Å². The molecule has 1 N–H and O–H groups in total. The van der Waals surface area contributed by atoms with Gasteiger partial charge >= 0.3 is 6.18 Å². The Labute approximate surface area is 103 Å². The van der Waals surface area contributed by atoms with Crippen LogP contribution in [0.2, 0.25) is 5.02 Å². The fourth-order valence-corrected chi connectivity index (χ4v) is 1.64. The second-order valence-electron chi connectivity index (χ2n) is 3.70. The van der Waals surface area contributed by atoms with E-state index in [0.29, 0.717) is 5.56 Å². The van der Waals surface area contributed by atoms with E-state index in [1.807, 2.05) is 0 Å². The molecule has 6 heteroatoms. The highest BCUT2D eigenvalue weighted by atomic mass is 35.5. The van der Waals surface area contributed by atoms with Crippen LogP contribution in [0.15, 0.2) is 18.2 Å². The van der Waals surface area contributed by atoms with E-state index in [0.717, 1.165) is 0 Å². The second-order valence-corrected chi connectivity index (χ2v) is 4.11. The topological polar surface area (TPSA) is 23.5 Å². The van der Waals surface area contributed by atoms with Gasteiger partial charge in [0, 0.05) is 6.54 Å². The Morgan fingerprint density at radius 2 is 2.00 bits per heavy atom. The van der Waals surface area contributed by atoms with Crippen molar-refractivity contribution in [2.75, 3.05) is 13.1 Å². The van der Waals surface area contributed by atoms with Crippen LogP contribution in [-0.2, 0) is 6.54 Å². The van der Waals surface area contributed by atoms with Crippen molar-refractivity contribution in [2.45, 2.75) is 19.6 Å². The zero-order chi connectivity index (χ0) is 13.1. The lowest BCUT2D eigenvalue weighted by Gasteiger charge is -2.22. The van der Waals surface area contributed by atoms with Crippen molar-refractivity contribution in [3.05, 3.63) is 28.8 Å². The van der Waals surface area contributed by atoms with Crippen LogP contribution in [0.4, 0.5) is 13.2 Å². The SMILES string of the molecule is CCN(Cc1ccc(O)c(Cl)c1)CC(F)(F)F. The monoisotopic (exact) mass is 267 g/mol. The van der Waals surface area contributed by atoms with E-state index in [1.54, 1.807) is 13.0 Å². The minimum Gasteiger partial charge on any atom is -0.506 e. The van der Waals surface area contributed by atoms with Crippen LogP contribution in [0.3, 0.4) is 0 Å². The van der Waals surface area contributed by atoms with Crippen LogP contribution in [0.1, 0.15) is 12.5 Å². The molecule has 0 aromatic heterocycles. The van der Waals surface area contributed by atoms with Gasteiger partial charge in [0.15, 0.2) is 0 Å². The summed E-state index contributed by atoms with van der Waals surface area (Å²) < 4.78 is 36.7. The number of nitrogens with zero attached hydrogens (tertiary/aromatic N) is 1. The summed E-state index contributed by atoms with van der Waals surface area (Å²) in [6.45, 7) is 1.14. The van der Waals surface area contributed by atoms with Crippen molar-refractivity contribution in [1.29, 1.82) is 0 Å². The van der Waals surface area contributed by atoms with Crippen LogP contribution in [0, 0.1) is 0 Å². The summed E-state index contributed by atoms with van der Waals surface area (Å²) in [5, 5.41) is 9.34. The van der Waals surface area contributed by atoms with Crippen LogP contribution in [-0.4, -0.2) is 29.3 Å². The van der Waals surface area contributed by atoms with Crippen LogP contribution in [0.5, 0.6) is 5.75 Å². The van der Waals surface area contributed by atoms with Gasteiger partial charge in [-0.15, -0.1) is 0 Å². The lowest BCUT2D eigenvalue weighted by molar-refractivity contribution is -0.146. The van der Waals surface area contributed by atoms with E-state index < -0.39 is 12.7 Å². The highest BCUT2D eigenvalue weighted by Gasteiger charge is 2.30. The molecule has 0 heterocycles. The number of alkyl halides is 3. The molecule has 2 nitrogen and oxygen atoms in total. The van der Waals surface area contributed by atoms with Crippen LogP contribution < -0.4 is 0 Å². The minimum atomic E-state index is -4.21. The summed E-state index contributed by atoms with van der Waals surface area (Å²) in [6.07, 6.45) is -4.21. The summed E-state index contributed by atoms with van der Waals surface area (Å²) in [7, 11) is 0. The van der Waals surface area contributed by atoms with Gasteiger partial charge in [0.2, 0.25) is 0 Å². The number of hydrogen-bond donors (Lipinski definition) is 1. The molecule has 0 aliphatic rings. The largest absolute Gasteiger partial charge is 0.506 e. The predicted octanol–water partition coefficient (Wildman–Crippen LogP) is 3.43. The maximum Gasteiger partial charge on any atom is 0.401 e. The predicted molar refractivity (Wildman–Crippen MR) is 60.1 cm³/mol.